The second kappa shape index (κ2) is 4.25. The highest BCUT2D eigenvalue weighted by molar-refractivity contribution is 4.90. The largest absolute Gasteiger partial charge is 0.393 e. The fourth-order valence-electron chi connectivity index (χ4n) is 2.13. The highest BCUT2D eigenvalue weighted by Gasteiger charge is 2.30. The normalized spacial score (nSPS) is 28.7. The highest BCUT2D eigenvalue weighted by Crippen LogP contribution is 2.26. The number of aliphatic hydroxyl groups excluding tert-OH is 1. The van der Waals surface area contributed by atoms with Gasteiger partial charge in [0, 0.05) is 5.54 Å². The minimum Gasteiger partial charge on any atom is -0.393 e. The van der Waals surface area contributed by atoms with E-state index in [1.165, 1.54) is 6.42 Å². The summed E-state index contributed by atoms with van der Waals surface area (Å²) in [5, 5.41) is 13.0. The van der Waals surface area contributed by atoms with Crippen molar-refractivity contribution in [2.75, 3.05) is 6.54 Å². The van der Waals surface area contributed by atoms with Crippen molar-refractivity contribution >= 4 is 0 Å². The van der Waals surface area contributed by atoms with Gasteiger partial charge in [-0.3, -0.25) is 0 Å². The van der Waals surface area contributed by atoms with Gasteiger partial charge in [-0.1, -0.05) is 6.08 Å². The quantitative estimate of drug-likeness (QED) is 0.650. The molecule has 1 aliphatic rings. The molecule has 0 radical (unpaired) electrons. The number of hydrogen-bond donors (Lipinski definition) is 2. The summed E-state index contributed by atoms with van der Waals surface area (Å²) in [5.74, 6) is 0.630. The van der Waals surface area contributed by atoms with E-state index in [4.69, 9.17) is 0 Å². The van der Waals surface area contributed by atoms with Crippen molar-refractivity contribution in [1.82, 2.24) is 5.32 Å². The molecule has 76 valence electrons. The molecule has 1 fully saturated rings. The van der Waals surface area contributed by atoms with Crippen molar-refractivity contribution in [3.05, 3.63) is 12.7 Å². The molecular weight excluding hydrogens is 162 g/mol. The smallest absolute Gasteiger partial charge is 0.0577 e. The van der Waals surface area contributed by atoms with Gasteiger partial charge in [-0.05, 0) is 45.6 Å². The molecular formula is C11H21NO. The molecule has 1 unspecified atom stereocenters. The van der Waals surface area contributed by atoms with E-state index in [1.807, 2.05) is 0 Å². The number of rotatable bonds is 4. The van der Waals surface area contributed by atoms with Crippen molar-refractivity contribution in [2.24, 2.45) is 5.92 Å². The number of hydrogen-bond acceptors (Lipinski definition) is 2. The summed E-state index contributed by atoms with van der Waals surface area (Å²) < 4.78 is 0. The predicted molar refractivity (Wildman–Crippen MR) is 55.6 cm³/mol. The Morgan fingerprint density at radius 3 is 2.85 bits per heavy atom. The van der Waals surface area contributed by atoms with E-state index in [-0.39, 0.29) is 11.6 Å². The van der Waals surface area contributed by atoms with Crippen molar-refractivity contribution in [3.8, 4) is 0 Å². The van der Waals surface area contributed by atoms with Crippen LogP contribution in [0.15, 0.2) is 12.7 Å². The highest BCUT2D eigenvalue weighted by atomic mass is 16.3. The van der Waals surface area contributed by atoms with E-state index >= 15 is 0 Å². The van der Waals surface area contributed by atoms with Gasteiger partial charge >= 0.3 is 0 Å². The van der Waals surface area contributed by atoms with Gasteiger partial charge in [0.1, 0.15) is 0 Å². The Kier molecular flexibility index (Phi) is 3.51. The molecule has 0 amide bonds. The van der Waals surface area contributed by atoms with Crippen LogP contribution in [-0.2, 0) is 0 Å². The van der Waals surface area contributed by atoms with Gasteiger partial charge in [-0.2, -0.15) is 0 Å². The Labute approximate surface area is 81.0 Å². The predicted octanol–water partition coefficient (Wildman–Crippen LogP) is 1.70. The zero-order valence-electron chi connectivity index (χ0n) is 8.71. The van der Waals surface area contributed by atoms with Gasteiger partial charge in [0.15, 0.2) is 0 Å². The minimum atomic E-state index is -0.196. The molecule has 0 aromatic carbocycles. The average molecular weight is 183 g/mol. The first-order chi connectivity index (χ1) is 6.03. The summed E-state index contributed by atoms with van der Waals surface area (Å²) >= 11 is 0. The van der Waals surface area contributed by atoms with Gasteiger partial charge < -0.3 is 10.4 Å². The monoisotopic (exact) mass is 183 g/mol. The lowest BCUT2D eigenvalue weighted by atomic mass is 9.92. The first-order valence-corrected chi connectivity index (χ1v) is 5.07. The third-order valence-corrected chi connectivity index (χ3v) is 2.71. The van der Waals surface area contributed by atoms with Crippen LogP contribution in [0.5, 0.6) is 0 Å². The Morgan fingerprint density at radius 1 is 1.69 bits per heavy atom. The Hall–Kier alpha value is -0.340. The van der Waals surface area contributed by atoms with Crippen molar-refractivity contribution in [2.45, 2.75) is 44.8 Å². The Bertz CT molecular complexity index is 177. The lowest BCUT2D eigenvalue weighted by Gasteiger charge is -2.18. The molecule has 1 heterocycles. The van der Waals surface area contributed by atoms with Gasteiger partial charge in [0.2, 0.25) is 0 Å². The molecule has 1 rings (SSSR count). The third kappa shape index (κ3) is 3.49. The summed E-state index contributed by atoms with van der Waals surface area (Å²) in [4.78, 5) is 0. The van der Waals surface area contributed by atoms with Crippen LogP contribution in [0.3, 0.4) is 0 Å². The topological polar surface area (TPSA) is 32.3 Å². The van der Waals surface area contributed by atoms with Crippen molar-refractivity contribution < 1.29 is 5.11 Å². The van der Waals surface area contributed by atoms with Crippen LogP contribution in [0, 0.1) is 5.92 Å². The van der Waals surface area contributed by atoms with Crippen LogP contribution < -0.4 is 5.32 Å². The van der Waals surface area contributed by atoms with Crippen molar-refractivity contribution in [1.29, 1.82) is 0 Å². The van der Waals surface area contributed by atoms with E-state index in [1.54, 1.807) is 6.08 Å². The van der Waals surface area contributed by atoms with Gasteiger partial charge in [0.25, 0.3) is 0 Å². The molecule has 1 saturated heterocycles. The summed E-state index contributed by atoms with van der Waals surface area (Å²) in [6.45, 7) is 9.10. The maximum Gasteiger partial charge on any atom is 0.0577 e. The lowest BCUT2D eigenvalue weighted by Crippen LogP contribution is -2.31. The third-order valence-electron chi connectivity index (χ3n) is 2.71. The second-order valence-electron chi connectivity index (χ2n) is 4.75. The Balaban J connectivity index is 2.27. The molecule has 1 aliphatic heterocycles. The fourth-order valence-corrected chi connectivity index (χ4v) is 2.13. The molecule has 2 atom stereocenters. The van der Waals surface area contributed by atoms with Crippen LogP contribution in [0.4, 0.5) is 0 Å². The summed E-state index contributed by atoms with van der Waals surface area (Å²) in [6, 6.07) is 0. The van der Waals surface area contributed by atoms with E-state index in [0.717, 1.165) is 19.4 Å². The molecule has 0 spiro atoms. The molecule has 0 saturated carbocycles. The maximum atomic E-state index is 9.58. The SMILES string of the molecule is C=CCC(O)C[C@H]1CNC(C)(C)C1. The van der Waals surface area contributed by atoms with Crippen LogP contribution >= 0.6 is 0 Å². The Morgan fingerprint density at radius 2 is 2.38 bits per heavy atom. The van der Waals surface area contributed by atoms with Crippen LogP contribution in [0.1, 0.15) is 33.1 Å². The first kappa shape index (κ1) is 10.7. The van der Waals surface area contributed by atoms with Crippen LogP contribution in [0.25, 0.3) is 0 Å². The zero-order valence-corrected chi connectivity index (χ0v) is 8.71. The molecule has 0 bridgehead atoms. The van der Waals surface area contributed by atoms with Crippen LogP contribution in [0.2, 0.25) is 0 Å². The van der Waals surface area contributed by atoms with Crippen LogP contribution in [-0.4, -0.2) is 23.3 Å². The maximum absolute atomic E-state index is 9.58. The fraction of sp³-hybridized carbons (Fsp3) is 0.818. The molecule has 2 N–H and O–H groups in total. The average Bonchev–Trinajstić information content (AvgIpc) is 2.30. The lowest BCUT2D eigenvalue weighted by molar-refractivity contribution is 0.147. The first-order valence-electron chi connectivity index (χ1n) is 5.07. The van der Waals surface area contributed by atoms with E-state index in [0.29, 0.717) is 5.92 Å². The molecule has 13 heavy (non-hydrogen) atoms. The summed E-state index contributed by atoms with van der Waals surface area (Å²) in [6.07, 6.45) is 4.39. The van der Waals surface area contributed by atoms with E-state index in [9.17, 15) is 5.11 Å². The molecule has 2 nitrogen and oxygen atoms in total. The van der Waals surface area contributed by atoms with Crippen molar-refractivity contribution in [3.63, 3.8) is 0 Å². The minimum absolute atomic E-state index is 0.196. The summed E-state index contributed by atoms with van der Waals surface area (Å²) in [5.41, 5.74) is 0.262. The van der Waals surface area contributed by atoms with E-state index < -0.39 is 0 Å². The molecule has 0 aromatic rings. The zero-order chi connectivity index (χ0) is 9.90. The number of aliphatic hydroxyl groups is 1. The summed E-state index contributed by atoms with van der Waals surface area (Å²) in [7, 11) is 0. The standard InChI is InChI=1S/C11H21NO/c1-4-5-10(13)6-9-7-11(2,3)12-8-9/h4,9-10,12-13H,1,5-8H2,2-3H3/t9-,10?/m1/s1. The van der Waals surface area contributed by atoms with Gasteiger partial charge in [-0.15, -0.1) is 6.58 Å². The van der Waals surface area contributed by atoms with Gasteiger partial charge in [0.05, 0.1) is 6.10 Å². The van der Waals surface area contributed by atoms with E-state index in [2.05, 4.69) is 25.7 Å². The number of nitrogens with one attached hydrogen (secondary N) is 1. The molecule has 2 heteroatoms. The molecule has 0 aromatic heterocycles. The van der Waals surface area contributed by atoms with Gasteiger partial charge in [-0.25, -0.2) is 0 Å². The molecule has 0 aliphatic carbocycles. The second-order valence-corrected chi connectivity index (χ2v) is 4.75.